The molecule has 34 heavy (non-hydrogen) atoms. The van der Waals surface area contributed by atoms with Crippen molar-refractivity contribution in [1.82, 2.24) is 15.2 Å². The monoisotopic (exact) mass is 485 g/mol. The van der Waals surface area contributed by atoms with Gasteiger partial charge in [-0.3, -0.25) is 20.4 Å². The predicted octanol–water partition coefficient (Wildman–Crippen LogP) is 2.72. The van der Waals surface area contributed by atoms with Gasteiger partial charge in [0.2, 0.25) is 10.0 Å². The molecular formula is C24H27N3O6S. The molecule has 0 fully saturated rings. The summed E-state index contributed by atoms with van der Waals surface area (Å²) in [7, 11) is -1.15. The van der Waals surface area contributed by atoms with Crippen LogP contribution in [-0.4, -0.2) is 51.8 Å². The van der Waals surface area contributed by atoms with Crippen molar-refractivity contribution in [2.24, 2.45) is 0 Å². The summed E-state index contributed by atoms with van der Waals surface area (Å²) in [6.45, 7) is 2.00. The number of nitrogens with zero attached hydrogens (tertiary/aromatic N) is 1. The smallest absolute Gasteiger partial charge is 0.269 e. The molecule has 0 aliphatic heterocycles. The van der Waals surface area contributed by atoms with E-state index in [0.29, 0.717) is 18.1 Å². The second-order valence-corrected chi connectivity index (χ2v) is 9.53. The lowest BCUT2D eigenvalue weighted by Gasteiger charge is -2.17. The maximum absolute atomic E-state index is 12.9. The van der Waals surface area contributed by atoms with Crippen LogP contribution in [0, 0.1) is 0 Å². The van der Waals surface area contributed by atoms with Crippen LogP contribution in [0.2, 0.25) is 0 Å². The highest BCUT2D eigenvalue weighted by Gasteiger charge is 2.23. The minimum Gasteiger partial charge on any atom is -0.493 e. The Bertz CT molecular complexity index is 1290. The fraction of sp³-hybridized carbons (Fsp3) is 0.250. The number of fused-ring (bicyclic) bond motifs is 1. The fourth-order valence-corrected chi connectivity index (χ4v) is 4.34. The number of sulfonamides is 1. The number of carbonyl (C=O) groups excluding carboxylic acids is 2. The van der Waals surface area contributed by atoms with Crippen LogP contribution in [0.4, 0.5) is 0 Å². The summed E-state index contributed by atoms with van der Waals surface area (Å²) in [6, 6.07) is 16.8. The van der Waals surface area contributed by atoms with Gasteiger partial charge in [-0.05, 0) is 47.5 Å². The second-order valence-electron chi connectivity index (χ2n) is 7.49. The van der Waals surface area contributed by atoms with Crippen LogP contribution < -0.4 is 20.3 Å². The molecule has 0 unspecified atom stereocenters. The van der Waals surface area contributed by atoms with Gasteiger partial charge in [0.25, 0.3) is 11.8 Å². The molecule has 2 amide bonds. The number of nitrogens with one attached hydrogen (secondary N) is 2. The Morgan fingerprint density at radius 3 is 2.38 bits per heavy atom. The first-order valence-corrected chi connectivity index (χ1v) is 12.1. The van der Waals surface area contributed by atoms with Gasteiger partial charge in [0.15, 0.2) is 11.5 Å². The van der Waals surface area contributed by atoms with E-state index in [1.807, 2.05) is 31.2 Å². The summed E-state index contributed by atoms with van der Waals surface area (Å²) in [5.41, 5.74) is 4.75. The van der Waals surface area contributed by atoms with Crippen LogP contribution in [0.5, 0.6) is 11.5 Å². The van der Waals surface area contributed by atoms with Crippen LogP contribution in [0.15, 0.2) is 65.6 Å². The van der Waals surface area contributed by atoms with Crippen molar-refractivity contribution in [3.8, 4) is 11.5 Å². The Balaban J connectivity index is 1.60. The first kappa shape index (κ1) is 25.0. The van der Waals surface area contributed by atoms with Gasteiger partial charge in [-0.25, -0.2) is 8.42 Å². The van der Waals surface area contributed by atoms with E-state index in [0.717, 1.165) is 21.5 Å². The summed E-state index contributed by atoms with van der Waals surface area (Å²) in [5.74, 6) is -0.400. The Morgan fingerprint density at radius 1 is 0.941 bits per heavy atom. The molecule has 0 spiro atoms. The maximum atomic E-state index is 12.9. The molecule has 0 saturated heterocycles. The number of likely N-dealkylation sites (N-methyl/N-ethyl adjacent to an activating group) is 1. The van der Waals surface area contributed by atoms with E-state index in [1.54, 1.807) is 18.2 Å². The van der Waals surface area contributed by atoms with Gasteiger partial charge in [0.05, 0.1) is 25.2 Å². The molecule has 10 heteroatoms. The Morgan fingerprint density at radius 2 is 1.68 bits per heavy atom. The van der Waals surface area contributed by atoms with Gasteiger partial charge < -0.3 is 9.47 Å². The Hall–Kier alpha value is -3.63. The highest BCUT2D eigenvalue weighted by Crippen LogP contribution is 2.28. The van der Waals surface area contributed by atoms with Crippen LogP contribution in [-0.2, 0) is 14.8 Å². The van der Waals surface area contributed by atoms with Crippen molar-refractivity contribution in [3.05, 3.63) is 66.2 Å². The van der Waals surface area contributed by atoms with E-state index in [9.17, 15) is 18.0 Å². The summed E-state index contributed by atoms with van der Waals surface area (Å²) < 4.78 is 37.5. The lowest BCUT2D eigenvalue weighted by Crippen LogP contribution is -2.46. The average Bonchev–Trinajstić information content (AvgIpc) is 2.85. The highest BCUT2D eigenvalue weighted by molar-refractivity contribution is 7.89. The zero-order valence-corrected chi connectivity index (χ0v) is 20.0. The maximum Gasteiger partial charge on any atom is 0.269 e. The molecule has 2 N–H and O–H groups in total. The van der Waals surface area contributed by atoms with Gasteiger partial charge >= 0.3 is 0 Å². The zero-order chi connectivity index (χ0) is 24.7. The van der Waals surface area contributed by atoms with Crippen LogP contribution in [0.1, 0.15) is 23.7 Å². The molecule has 180 valence electrons. The second kappa shape index (κ2) is 11.0. The summed E-state index contributed by atoms with van der Waals surface area (Å²) >= 11 is 0. The number of carbonyl (C=O) groups is 2. The lowest BCUT2D eigenvalue weighted by atomic mass is 10.1. The number of benzene rings is 3. The molecule has 0 aliphatic rings. The molecule has 0 radical (unpaired) electrons. The van der Waals surface area contributed by atoms with Crippen molar-refractivity contribution < 1.29 is 27.5 Å². The molecule has 3 aromatic carbocycles. The van der Waals surface area contributed by atoms with Crippen molar-refractivity contribution >= 4 is 32.6 Å². The zero-order valence-electron chi connectivity index (χ0n) is 19.2. The SMILES string of the molecule is CCCOc1ccc(C(=O)NNC(=O)CN(C)S(=O)(=O)c2ccc3ccccc3c2)cc1OC. The van der Waals surface area contributed by atoms with Crippen molar-refractivity contribution in [2.75, 3.05) is 27.3 Å². The van der Waals surface area contributed by atoms with E-state index >= 15 is 0 Å². The van der Waals surface area contributed by atoms with Crippen molar-refractivity contribution in [3.63, 3.8) is 0 Å². The molecule has 0 saturated carbocycles. The normalized spacial score (nSPS) is 11.3. The molecule has 3 aromatic rings. The van der Waals surface area contributed by atoms with Crippen molar-refractivity contribution in [2.45, 2.75) is 18.2 Å². The third-order valence-electron chi connectivity index (χ3n) is 5.00. The first-order chi connectivity index (χ1) is 16.3. The fourth-order valence-electron chi connectivity index (χ4n) is 3.17. The van der Waals surface area contributed by atoms with Gasteiger partial charge in [0, 0.05) is 12.6 Å². The van der Waals surface area contributed by atoms with E-state index in [-0.39, 0.29) is 10.5 Å². The van der Waals surface area contributed by atoms with Crippen LogP contribution in [0.25, 0.3) is 10.8 Å². The standard InChI is InChI=1S/C24H27N3O6S/c1-4-13-33-21-12-10-19(15-22(21)32-3)24(29)26-25-23(28)16-27(2)34(30,31)20-11-9-17-7-5-6-8-18(17)14-20/h5-12,14-15H,4,13,16H2,1-3H3,(H,25,28)(H,26,29). The molecule has 0 heterocycles. The number of ether oxygens (including phenoxy) is 2. The number of methoxy groups -OCH3 is 1. The third kappa shape index (κ3) is 5.83. The third-order valence-corrected chi connectivity index (χ3v) is 6.80. The first-order valence-electron chi connectivity index (χ1n) is 10.6. The van der Waals surface area contributed by atoms with Gasteiger partial charge in [0.1, 0.15) is 0 Å². The summed E-state index contributed by atoms with van der Waals surface area (Å²) in [5, 5.41) is 1.68. The van der Waals surface area contributed by atoms with E-state index in [4.69, 9.17) is 9.47 Å². The predicted molar refractivity (Wildman–Crippen MR) is 128 cm³/mol. The minimum absolute atomic E-state index is 0.0722. The van der Waals surface area contributed by atoms with Crippen molar-refractivity contribution in [1.29, 1.82) is 0 Å². The average molecular weight is 486 g/mol. The quantitative estimate of drug-likeness (QED) is 0.451. The molecule has 3 rings (SSSR count). The van der Waals surface area contributed by atoms with Gasteiger partial charge in [-0.2, -0.15) is 4.31 Å². The Kier molecular flexibility index (Phi) is 8.08. The number of amides is 2. The van der Waals surface area contributed by atoms with Crippen LogP contribution in [0.3, 0.4) is 0 Å². The van der Waals surface area contributed by atoms with E-state index in [2.05, 4.69) is 10.9 Å². The van der Waals surface area contributed by atoms with Gasteiger partial charge in [-0.15, -0.1) is 0 Å². The topological polar surface area (TPSA) is 114 Å². The molecule has 9 nitrogen and oxygen atoms in total. The lowest BCUT2D eigenvalue weighted by molar-refractivity contribution is -0.121. The molecule has 0 aliphatic carbocycles. The number of hydrogen-bond donors (Lipinski definition) is 2. The van der Waals surface area contributed by atoms with E-state index in [1.165, 1.54) is 32.4 Å². The largest absolute Gasteiger partial charge is 0.493 e. The number of hydrogen-bond acceptors (Lipinski definition) is 6. The van der Waals surface area contributed by atoms with Gasteiger partial charge in [-0.1, -0.05) is 37.3 Å². The van der Waals surface area contributed by atoms with Crippen LogP contribution >= 0.6 is 0 Å². The molecule has 0 bridgehead atoms. The number of rotatable bonds is 9. The number of hydrazine groups is 1. The molecule has 0 atom stereocenters. The summed E-state index contributed by atoms with van der Waals surface area (Å²) in [6.07, 6.45) is 0.822. The molecular weight excluding hydrogens is 458 g/mol. The summed E-state index contributed by atoms with van der Waals surface area (Å²) in [4.78, 5) is 24.8. The minimum atomic E-state index is -3.91. The molecule has 0 aromatic heterocycles. The Labute approximate surface area is 198 Å². The van der Waals surface area contributed by atoms with E-state index < -0.39 is 28.4 Å². The highest BCUT2D eigenvalue weighted by atomic mass is 32.2.